The van der Waals surface area contributed by atoms with Crippen molar-refractivity contribution >= 4 is 23.2 Å². The molecule has 3 heterocycles. The van der Waals surface area contributed by atoms with Crippen LogP contribution in [0.3, 0.4) is 0 Å². The number of piperidine rings is 1. The minimum atomic E-state index is -0.933. The number of aromatic nitrogens is 3. The van der Waals surface area contributed by atoms with Crippen molar-refractivity contribution in [2.75, 3.05) is 13.1 Å². The van der Waals surface area contributed by atoms with Gasteiger partial charge >= 0.3 is 5.97 Å². The molecule has 1 unspecified atom stereocenters. The standard InChI is InChI=1S/C18H24N4O3S/c1-10(15-11(2)20-21(4)12(15)3)17(23)22-7-5-13(6-8-22)16-19-9-14(26-16)18(24)25/h9-10,13H,5-8H2,1-4H3,(H,24,25). The quantitative estimate of drug-likeness (QED) is 0.886. The average molecular weight is 376 g/mol. The van der Waals surface area contributed by atoms with Crippen LogP contribution in [0.25, 0.3) is 0 Å². The van der Waals surface area contributed by atoms with E-state index in [0.717, 1.165) is 34.8 Å². The van der Waals surface area contributed by atoms with Crippen LogP contribution in [0.1, 0.15) is 63.2 Å². The van der Waals surface area contributed by atoms with E-state index in [9.17, 15) is 9.59 Å². The third-order valence-corrected chi connectivity index (χ3v) is 6.41. The fourth-order valence-electron chi connectivity index (χ4n) is 3.74. The molecule has 140 valence electrons. The largest absolute Gasteiger partial charge is 0.477 e. The summed E-state index contributed by atoms with van der Waals surface area (Å²) in [5.74, 6) is -0.779. The molecule has 2 aromatic rings. The Balaban J connectivity index is 1.65. The molecule has 2 aromatic heterocycles. The highest BCUT2D eigenvalue weighted by molar-refractivity contribution is 7.13. The van der Waals surface area contributed by atoms with Gasteiger partial charge in [-0.15, -0.1) is 11.3 Å². The second kappa shape index (κ2) is 7.19. The predicted octanol–water partition coefficient (Wildman–Crippen LogP) is 2.70. The van der Waals surface area contributed by atoms with Crippen molar-refractivity contribution in [3.05, 3.63) is 33.0 Å². The number of likely N-dealkylation sites (tertiary alicyclic amines) is 1. The zero-order chi connectivity index (χ0) is 19.0. The van der Waals surface area contributed by atoms with Crippen LogP contribution >= 0.6 is 11.3 Å². The predicted molar refractivity (Wildman–Crippen MR) is 98.7 cm³/mol. The van der Waals surface area contributed by atoms with E-state index in [1.54, 1.807) is 0 Å². The van der Waals surface area contributed by atoms with Crippen LogP contribution < -0.4 is 0 Å². The number of carbonyl (C=O) groups is 2. The van der Waals surface area contributed by atoms with Gasteiger partial charge in [-0.2, -0.15) is 5.10 Å². The molecular formula is C18H24N4O3S. The van der Waals surface area contributed by atoms with Gasteiger partial charge in [0.15, 0.2) is 0 Å². The topological polar surface area (TPSA) is 88.3 Å². The summed E-state index contributed by atoms with van der Waals surface area (Å²) in [6, 6.07) is 0. The number of amides is 1. The molecule has 0 saturated carbocycles. The molecule has 8 heteroatoms. The number of aromatic carboxylic acids is 1. The minimum Gasteiger partial charge on any atom is -0.477 e. The van der Waals surface area contributed by atoms with Crippen LogP contribution in [0.15, 0.2) is 6.20 Å². The average Bonchev–Trinajstić information content (AvgIpc) is 3.20. The number of thiazole rings is 1. The van der Waals surface area contributed by atoms with E-state index in [1.165, 1.54) is 17.5 Å². The van der Waals surface area contributed by atoms with Gasteiger partial charge in [-0.3, -0.25) is 9.48 Å². The van der Waals surface area contributed by atoms with Gasteiger partial charge in [0.1, 0.15) is 4.88 Å². The SMILES string of the molecule is Cc1nn(C)c(C)c1C(C)C(=O)N1CCC(c2ncc(C(=O)O)s2)CC1. The first-order valence-electron chi connectivity index (χ1n) is 8.77. The van der Waals surface area contributed by atoms with Crippen molar-refractivity contribution in [1.82, 2.24) is 19.7 Å². The second-order valence-electron chi connectivity index (χ2n) is 6.90. The Morgan fingerprint density at radius 2 is 1.96 bits per heavy atom. The third kappa shape index (κ3) is 3.38. The molecule has 0 radical (unpaired) electrons. The zero-order valence-corrected chi connectivity index (χ0v) is 16.3. The van der Waals surface area contributed by atoms with Crippen molar-refractivity contribution in [2.24, 2.45) is 7.05 Å². The van der Waals surface area contributed by atoms with E-state index in [2.05, 4.69) is 10.1 Å². The highest BCUT2D eigenvalue weighted by atomic mass is 32.1. The summed E-state index contributed by atoms with van der Waals surface area (Å²) in [4.78, 5) is 30.4. The number of carbonyl (C=O) groups excluding carboxylic acids is 1. The zero-order valence-electron chi connectivity index (χ0n) is 15.5. The van der Waals surface area contributed by atoms with E-state index >= 15 is 0 Å². The van der Waals surface area contributed by atoms with E-state index in [-0.39, 0.29) is 22.6 Å². The molecule has 1 saturated heterocycles. The number of carboxylic acid groups (broad SMARTS) is 1. The first-order chi connectivity index (χ1) is 12.3. The molecule has 1 amide bonds. The Kier molecular flexibility index (Phi) is 5.13. The lowest BCUT2D eigenvalue weighted by molar-refractivity contribution is -0.133. The van der Waals surface area contributed by atoms with Gasteiger partial charge in [-0.1, -0.05) is 0 Å². The van der Waals surface area contributed by atoms with Crippen molar-refractivity contribution in [1.29, 1.82) is 0 Å². The molecule has 1 aliphatic heterocycles. The van der Waals surface area contributed by atoms with Gasteiger partial charge in [-0.25, -0.2) is 9.78 Å². The summed E-state index contributed by atoms with van der Waals surface area (Å²) in [6.07, 6.45) is 3.06. The van der Waals surface area contributed by atoms with Crippen LogP contribution in [0.4, 0.5) is 0 Å². The van der Waals surface area contributed by atoms with Crippen LogP contribution in [0.2, 0.25) is 0 Å². The molecule has 1 fully saturated rings. The molecule has 0 aromatic carbocycles. The Hall–Kier alpha value is -2.22. The van der Waals surface area contributed by atoms with Gasteiger partial charge in [0.05, 0.1) is 22.8 Å². The highest BCUT2D eigenvalue weighted by Crippen LogP contribution is 2.33. The van der Waals surface area contributed by atoms with Gasteiger partial charge in [0, 0.05) is 37.3 Å². The van der Waals surface area contributed by atoms with E-state index in [4.69, 9.17) is 5.11 Å². The number of hydrogen-bond donors (Lipinski definition) is 1. The molecular weight excluding hydrogens is 352 g/mol. The number of nitrogens with zero attached hydrogens (tertiary/aromatic N) is 4. The third-order valence-electron chi connectivity index (χ3n) is 5.26. The lowest BCUT2D eigenvalue weighted by atomic mass is 9.93. The molecule has 1 N–H and O–H groups in total. The smallest absolute Gasteiger partial charge is 0.347 e. The fraction of sp³-hybridized carbons (Fsp3) is 0.556. The van der Waals surface area contributed by atoms with Gasteiger partial charge in [0.25, 0.3) is 0 Å². The van der Waals surface area contributed by atoms with Gasteiger partial charge in [0.2, 0.25) is 5.91 Å². The number of carboxylic acids is 1. The van der Waals surface area contributed by atoms with E-state index in [0.29, 0.717) is 13.1 Å². The lowest BCUT2D eigenvalue weighted by Gasteiger charge is -2.33. The van der Waals surface area contributed by atoms with Crippen LogP contribution in [0, 0.1) is 13.8 Å². The normalized spacial score (nSPS) is 16.7. The number of hydrogen-bond acceptors (Lipinski definition) is 5. The van der Waals surface area contributed by atoms with Gasteiger partial charge in [-0.05, 0) is 33.6 Å². The summed E-state index contributed by atoms with van der Waals surface area (Å²) in [5.41, 5.74) is 2.96. The molecule has 0 aliphatic carbocycles. The molecule has 3 rings (SSSR count). The van der Waals surface area contributed by atoms with Crippen LogP contribution in [-0.4, -0.2) is 49.7 Å². The summed E-state index contributed by atoms with van der Waals surface area (Å²) in [6.45, 7) is 7.24. The maximum atomic E-state index is 12.9. The molecule has 0 bridgehead atoms. The fourth-order valence-corrected chi connectivity index (χ4v) is 4.66. The Labute approximate surface area is 156 Å². The second-order valence-corrected chi connectivity index (χ2v) is 7.96. The van der Waals surface area contributed by atoms with Crippen LogP contribution in [0.5, 0.6) is 0 Å². The Bertz CT molecular complexity index is 834. The number of rotatable bonds is 4. The monoisotopic (exact) mass is 376 g/mol. The Morgan fingerprint density at radius 1 is 1.31 bits per heavy atom. The Morgan fingerprint density at radius 3 is 2.46 bits per heavy atom. The summed E-state index contributed by atoms with van der Waals surface area (Å²) < 4.78 is 1.82. The molecule has 26 heavy (non-hydrogen) atoms. The molecule has 1 atom stereocenters. The lowest BCUT2D eigenvalue weighted by Crippen LogP contribution is -2.40. The van der Waals surface area contributed by atoms with Crippen molar-refractivity contribution in [3.8, 4) is 0 Å². The first kappa shape index (κ1) is 18.6. The first-order valence-corrected chi connectivity index (χ1v) is 9.59. The van der Waals surface area contributed by atoms with Crippen molar-refractivity contribution < 1.29 is 14.7 Å². The van der Waals surface area contributed by atoms with Crippen molar-refractivity contribution in [2.45, 2.75) is 45.4 Å². The molecule has 1 aliphatic rings. The van der Waals surface area contributed by atoms with E-state index < -0.39 is 5.97 Å². The van der Waals surface area contributed by atoms with Crippen LogP contribution in [-0.2, 0) is 11.8 Å². The summed E-state index contributed by atoms with van der Waals surface area (Å²) >= 11 is 1.24. The summed E-state index contributed by atoms with van der Waals surface area (Å²) in [5, 5.41) is 14.3. The maximum absolute atomic E-state index is 12.9. The number of aryl methyl sites for hydroxylation is 2. The van der Waals surface area contributed by atoms with Crippen molar-refractivity contribution in [3.63, 3.8) is 0 Å². The molecule has 7 nitrogen and oxygen atoms in total. The molecule has 0 spiro atoms. The summed E-state index contributed by atoms with van der Waals surface area (Å²) in [7, 11) is 1.90. The van der Waals surface area contributed by atoms with E-state index in [1.807, 2.05) is 37.4 Å². The maximum Gasteiger partial charge on any atom is 0.347 e. The highest BCUT2D eigenvalue weighted by Gasteiger charge is 2.31. The van der Waals surface area contributed by atoms with Gasteiger partial charge < -0.3 is 10.0 Å². The minimum absolute atomic E-state index is 0.132.